The Morgan fingerprint density at radius 2 is 2.18 bits per heavy atom. The van der Waals surface area contributed by atoms with Gasteiger partial charge in [-0.3, -0.25) is 0 Å². The van der Waals surface area contributed by atoms with Crippen LogP contribution in [0.15, 0.2) is 24.3 Å². The third kappa shape index (κ3) is 3.35. The third-order valence-electron chi connectivity index (χ3n) is 1.47. The van der Waals surface area contributed by atoms with Crippen molar-refractivity contribution in [3.63, 3.8) is 0 Å². The Morgan fingerprint density at radius 1 is 1.45 bits per heavy atom. The van der Waals surface area contributed by atoms with Crippen molar-refractivity contribution >= 4 is 0 Å². The zero-order chi connectivity index (χ0) is 7.40. The van der Waals surface area contributed by atoms with E-state index in [-0.39, 0.29) is 32.7 Å². The van der Waals surface area contributed by atoms with Gasteiger partial charge in [-0.15, -0.1) is 0 Å². The molecule has 1 rings (SSSR count). The van der Waals surface area contributed by atoms with E-state index in [2.05, 4.69) is 20.1 Å². The Kier molecular flexibility index (Phi) is 5.80. The zero-order valence-corrected chi connectivity index (χ0v) is 9.55. The second kappa shape index (κ2) is 5.73. The van der Waals surface area contributed by atoms with Crippen molar-refractivity contribution in [3.8, 4) is 5.75 Å². The van der Waals surface area contributed by atoms with Gasteiger partial charge in [-0.2, -0.15) is 7.11 Å². The zero-order valence-electron chi connectivity index (χ0n) is 6.71. The molecule has 0 amide bonds. The fraction of sp³-hybridized carbons (Fsp3) is 0.222. The standard InChI is InChI=1S/C9H11O.Y/c1-3-8-5-4-6-9(7-8)10-2;/h4-7H,2-3H2,1H3;/q-1;. The molecule has 1 aromatic rings. The van der Waals surface area contributed by atoms with E-state index >= 15 is 0 Å². The SMILES string of the molecule is [CH2-]Oc1cccc(CC)c1.[Y]. The van der Waals surface area contributed by atoms with Gasteiger partial charge >= 0.3 is 0 Å². The van der Waals surface area contributed by atoms with Crippen LogP contribution < -0.4 is 4.74 Å². The molecule has 1 nitrogen and oxygen atoms in total. The molecule has 0 aliphatic heterocycles. The van der Waals surface area contributed by atoms with Gasteiger partial charge < -0.3 is 4.74 Å². The van der Waals surface area contributed by atoms with Crippen molar-refractivity contribution in [2.24, 2.45) is 0 Å². The largest absolute Gasteiger partial charge is 0.665 e. The van der Waals surface area contributed by atoms with Crippen LogP contribution in [0.1, 0.15) is 12.5 Å². The van der Waals surface area contributed by atoms with Gasteiger partial charge in [0.25, 0.3) is 0 Å². The summed E-state index contributed by atoms with van der Waals surface area (Å²) in [6.45, 7) is 2.11. The quantitative estimate of drug-likeness (QED) is 0.701. The van der Waals surface area contributed by atoms with Crippen LogP contribution in [0, 0.1) is 7.11 Å². The molecule has 1 radical (unpaired) electrons. The van der Waals surface area contributed by atoms with Gasteiger partial charge in [0.1, 0.15) is 0 Å². The summed E-state index contributed by atoms with van der Waals surface area (Å²) in [4.78, 5) is 0. The Balaban J connectivity index is 0.000001000. The number of hydrogen-bond donors (Lipinski definition) is 0. The van der Waals surface area contributed by atoms with Crippen LogP contribution in [0.5, 0.6) is 5.75 Å². The molecule has 0 heterocycles. The first-order valence-corrected chi connectivity index (χ1v) is 3.37. The summed E-state index contributed by atoms with van der Waals surface area (Å²) in [7, 11) is 3.33. The molecule has 0 aromatic heterocycles. The smallest absolute Gasteiger partial charge is 0.0845 e. The first-order chi connectivity index (χ1) is 4.86. The van der Waals surface area contributed by atoms with Crippen molar-refractivity contribution in [2.45, 2.75) is 13.3 Å². The summed E-state index contributed by atoms with van der Waals surface area (Å²) in [6, 6.07) is 7.93. The molecule has 0 aliphatic rings. The second-order valence-corrected chi connectivity index (χ2v) is 2.15. The molecule has 57 valence electrons. The topological polar surface area (TPSA) is 9.23 Å². The van der Waals surface area contributed by atoms with Gasteiger partial charge in [-0.1, -0.05) is 19.1 Å². The predicted molar refractivity (Wildman–Crippen MR) is 41.8 cm³/mol. The van der Waals surface area contributed by atoms with Crippen LogP contribution in [-0.4, -0.2) is 0 Å². The molecule has 11 heavy (non-hydrogen) atoms. The van der Waals surface area contributed by atoms with Gasteiger partial charge in [0.05, 0.1) is 5.75 Å². The van der Waals surface area contributed by atoms with Crippen molar-refractivity contribution in [2.75, 3.05) is 0 Å². The molecule has 0 saturated heterocycles. The minimum absolute atomic E-state index is 0. The monoisotopic (exact) mass is 224 g/mol. The molecule has 0 aliphatic carbocycles. The Bertz CT molecular complexity index is 191. The molecular weight excluding hydrogens is 213 g/mol. The summed E-state index contributed by atoms with van der Waals surface area (Å²) in [5.41, 5.74) is 1.28. The average Bonchev–Trinajstić information content (AvgIpc) is 2.05. The van der Waals surface area contributed by atoms with Crippen molar-refractivity contribution < 1.29 is 37.4 Å². The molecule has 0 N–H and O–H groups in total. The van der Waals surface area contributed by atoms with Gasteiger partial charge in [0, 0.05) is 32.7 Å². The molecule has 0 fully saturated rings. The van der Waals surface area contributed by atoms with E-state index < -0.39 is 0 Å². The van der Waals surface area contributed by atoms with Gasteiger partial charge in [0.2, 0.25) is 0 Å². The summed E-state index contributed by atoms with van der Waals surface area (Å²) < 4.78 is 4.81. The number of aryl methyl sites for hydroxylation is 1. The molecule has 0 atom stereocenters. The van der Waals surface area contributed by atoms with E-state index in [0.717, 1.165) is 12.2 Å². The third-order valence-corrected chi connectivity index (χ3v) is 1.47. The van der Waals surface area contributed by atoms with Gasteiger partial charge in [-0.25, -0.2) is 0 Å². The van der Waals surface area contributed by atoms with Gasteiger partial charge in [-0.05, 0) is 24.1 Å². The van der Waals surface area contributed by atoms with Crippen molar-refractivity contribution in [1.82, 2.24) is 0 Å². The summed E-state index contributed by atoms with van der Waals surface area (Å²) in [5.74, 6) is 0.833. The Morgan fingerprint density at radius 3 is 2.73 bits per heavy atom. The maximum atomic E-state index is 4.81. The molecule has 1 aromatic carbocycles. The molecule has 2 heteroatoms. The first kappa shape index (κ1) is 11.1. The van der Waals surface area contributed by atoms with E-state index in [1.807, 2.05) is 18.2 Å². The second-order valence-electron chi connectivity index (χ2n) is 2.15. The van der Waals surface area contributed by atoms with E-state index in [0.29, 0.717) is 0 Å². The van der Waals surface area contributed by atoms with Crippen molar-refractivity contribution in [1.29, 1.82) is 0 Å². The fourth-order valence-corrected chi connectivity index (χ4v) is 0.855. The maximum Gasteiger partial charge on any atom is 0.0845 e. The minimum Gasteiger partial charge on any atom is -0.665 e. The molecule has 0 saturated carbocycles. The van der Waals surface area contributed by atoms with Crippen LogP contribution in [0.3, 0.4) is 0 Å². The Labute approximate surface area is 93.0 Å². The molecule has 0 spiro atoms. The summed E-state index contributed by atoms with van der Waals surface area (Å²) in [5, 5.41) is 0. The molecule has 0 bridgehead atoms. The number of rotatable bonds is 2. The Hall–Kier alpha value is 0.124. The number of benzene rings is 1. The van der Waals surface area contributed by atoms with Crippen LogP contribution in [-0.2, 0) is 39.1 Å². The van der Waals surface area contributed by atoms with Crippen LogP contribution in [0.25, 0.3) is 0 Å². The van der Waals surface area contributed by atoms with E-state index in [1.165, 1.54) is 5.56 Å². The van der Waals surface area contributed by atoms with E-state index in [9.17, 15) is 0 Å². The molecule has 0 unspecified atom stereocenters. The summed E-state index contributed by atoms with van der Waals surface area (Å²) >= 11 is 0. The predicted octanol–water partition coefficient (Wildman–Crippen LogP) is 2.42. The van der Waals surface area contributed by atoms with Gasteiger partial charge in [0.15, 0.2) is 0 Å². The first-order valence-electron chi connectivity index (χ1n) is 3.37. The normalized spacial score (nSPS) is 8.55. The fourth-order valence-electron chi connectivity index (χ4n) is 0.855. The number of ether oxygens (including phenoxy) is 1. The molecular formula is C9H11OY-. The average molecular weight is 224 g/mol. The van der Waals surface area contributed by atoms with E-state index in [4.69, 9.17) is 4.74 Å². The van der Waals surface area contributed by atoms with E-state index in [1.54, 1.807) is 0 Å². The van der Waals surface area contributed by atoms with Crippen molar-refractivity contribution in [3.05, 3.63) is 36.9 Å². The van der Waals surface area contributed by atoms with Crippen LogP contribution in [0.4, 0.5) is 0 Å². The van der Waals surface area contributed by atoms with Crippen LogP contribution >= 0.6 is 0 Å². The summed E-state index contributed by atoms with van der Waals surface area (Å²) in [6.07, 6.45) is 1.04. The minimum atomic E-state index is 0. The van der Waals surface area contributed by atoms with Crippen LogP contribution in [0.2, 0.25) is 0 Å². The number of hydrogen-bond acceptors (Lipinski definition) is 1. The maximum absolute atomic E-state index is 4.81.